The summed E-state index contributed by atoms with van der Waals surface area (Å²) in [6.07, 6.45) is 0.272. The fourth-order valence-corrected chi connectivity index (χ4v) is 2.19. The van der Waals surface area contributed by atoms with Crippen molar-refractivity contribution in [2.24, 2.45) is 5.10 Å². The summed E-state index contributed by atoms with van der Waals surface area (Å²) in [5, 5.41) is 23.6. The summed E-state index contributed by atoms with van der Waals surface area (Å²) in [6.45, 7) is 0.921. The number of hydrazone groups is 1. The first kappa shape index (κ1) is 22.1. The van der Waals surface area contributed by atoms with Gasteiger partial charge in [-0.3, -0.25) is 14.9 Å². The van der Waals surface area contributed by atoms with Crippen molar-refractivity contribution in [2.75, 3.05) is 13.7 Å². The SMILES string of the molecule is COc1cc(/C=N/NC(=O)COc2ccccc2[N+](=O)[O-])ccc1O[C@@H](C)C(=O)O. The molecule has 0 saturated heterocycles. The molecule has 158 valence electrons. The molecule has 1 amide bonds. The minimum Gasteiger partial charge on any atom is -0.493 e. The maximum Gasteiger partial charge on any atom is 0.344 e. The maximum absolute atomic E-state index is 11.8. The highest BCUT2D eigenvalue weighted by atomic mass is 16.6. The van der Waals surface area contributed by atoms with Crippen molar-refractivity contribution in [3.63, 3.8) is 0 Å². The van der Waals surface area contributed by atoms with Gasteiger partial charge in [0.05, 0.1) is 18.2 Å². The van der Waals surface area contributed by atoms with Crippen LogP contribution in [0.15, 0.2) is 47.6 Å². The molecule has 2 rings (SSSR count). The van der Waals surface area contributed by atoms with E-state index < -0.39 is 29.5 Å². The Balaban J connectivity index is 1.94. The first-order valence-electron chi connectivity index (χ1n) is 8.57. The van der Waals surface area contributed by atoms with Crippen LogP contribution in [0.25, 0.3) is 0 Å². The molecule has 0 aliphatic carbocycles. The van der Waals surface area contributed by atoms with Gasteiger partial charge in [-0.1, -0.05) is 12.1 Å². The van der Waals surface area contributed by atoms with Crippen molar-refractivity contribution < 1.29 is 33.8 Å². The van der Waals surface area contributed by atoms with Crippen LogP contribution in [0.1, 0.15) is 12.5 Å². The number of carboxylic acid groups (broad SMARTS) is 1. The summed E-state index contributed by atoms with van der Waals surface area (Å²) < 4.78 is 15.6. The van der Waals surface area contributed by atoms with Gasteiger partial charge in [-0.15, -0.1) is 0 Å². The zero-order chi connectivity index (χ0) is 22.1. The number of nitro groups is 1. The molecule has 0 spiro atoms. The van der Waals surface area contributed by atoms with Gasteiger partial charge in [0.15, 0.2) is 30.0 Å². The van der Waals surface area contributed by atoms with Crippen LogP contribution in [0.5, 0.6) is 17.2 Å². The van der Waals surface area contributed by atoms with Crippen molar-refractivity contribution in [1.29, 1.82) is 0 Å². The fraction of sp³-hybridized carbons (Fsp3) is 0.211. The average Bonchev–Trinajstić information content (AvgIpc) is 2.73. The molecule has 0 heterocycles. The third kappa shape index (κ3) is 6.19. The number of ether oxygens (including phenoxy) is 3. The summed E-state index contributed by atoms with van der Waals surface area (Å²) >= 11 is 0. The van der Waals surface area contributed by atoms with E-state index in [1.165, 1.54) is 44.5 Å². The molecule has 11 nitrogen and oxygen atoms in total. The summed E-state index contributed by atoms with van der Waals surface area (Å²) in [5.74, 6) is -1.23. The minimum atomic E-state index is -1.12. The molecule has 0 aliphatic heterocycles. The van der Waals surface area contributed by atoms with Crippen LogP contribution in [0.4, 0.5) is 5.69 Å². The monoisotopic (exact) mass is 417 g/mol. The number of aliphatic carboxylic acids is 1. The van der Waals surface area contributed by atoms with Gasteiger partial charge in [0.1, 0.15) is 0 Å². The highest BCUT2D eigenvalue weighted by molar-refractivity contribution is 5.83. The largest absolute Gasteiger partial charge is 0.493 e. The molecule has 0 unspecified atom stereocenters. The molecule has 0 fully saturated rings. The molecule has 1 atom stereocenters. The quantitative estimate of drug-likeness (QED) is 0.338. The van der Waals surface area contributed by atoms with E-state index in [0.29, 0.717) is 5.56 Å². The van der Waals surface area contributed by atoms with E-state index in [0.717, 1.165) is 0 Å². The molecule has 0 bridgehead atoms. The second-order valence-electron chi connectivity index (χ2n) is 5.82. The zero-order valence-corrected chi connectivity index (χ0v) is 16.1. The Bertz CT molecular complexity index is 961. The van der Waals surface area contributed by atoms with E-state index in [4.69, 9.17) is 19.3 Å². The number of nitrogens with zero attached hydrogens (tertiary/aromatic N) is 2. The van der Waals surface area contributed by atoms with Crippen LogP contribution in [0.2, 0.25) is 0 Å². The Labute approximate surface area is 171 Å². The maximum atomic E-state index is 11.8. The smallest absolute Gasteiger partial charge is 0.344 e. The molecule has 0 saturated carbocycles. The Kier molecular flexibility index (Phi) is 7.68. The number of methoxy groups -OCH3 is 1. The standard InChI is InChI=1S/C19H19N3O8/c1-12(19(24)25)30-16-8-7-13(9-17(16)28-2)10-20-21-18(23)11-29-15-6-4-3-5-14(15)22(26)27/h3-10,12H,11H2,1-2H3,(H,21,23)(H,24,25)/b20-10+/t12-/m0/s1. The first-order chi connectivity index (χ1) is 14.3. The van der Waals surface area contributed by atoms with Crippen molar-refractivity contribution in [3.05, 3.63) is 58.1 Å². The lowest BCUT2D eigenvalue weighted by molar-refractivity contribution is -0.385. The normalized spacial score (nSPS) is 11.5. The number of para-hydroxylation sites is 2. The highest BCUT2D eigenvalue weighted by Crippen LogP contribution is 2.28. The lowest BCUT2D eigenvalue weighted by Crippen LogP contribution is -2.24. The number of nitrogens with one attached hydrogen (secondary N) is 1. The van der Waals surface area contributed by atoms with E-state index >= 15 is 0 Å². The van der Waals surface area contributed by atoms with Crippen molar-refractivity contribution in [1.82, 2.24) is 5.43 Å². The third-order valence-corrected chi connectivity index (χ3v) is 3.66. The summed E-state index contributed by atoms with van der Waals surface area (Å²) in [7, 11) is 1.40. The van der Waals surface area contributed by atoms with E-state index in [-0.39, 0.29) is 22.9 Å². The van der Waals surface area contributed by atoms with Crippen molar-refractivity contribution in [3.8, 4) is 17.2 Å². The Morgan fingerprint density at radius 1 is 1.23 bits per heavy atom. The number of nitro benzene ring substituents is 1. The van der Waals surface area contributed by atoms with Crippen LogP contribution in [0, 0.1) is 10.1 Å². The van der Waals surface area contributed by atoms with Gasteiger partial charge in [0, 0.05) is 6.07 Å². The Hall–Kier alpha value is -4.15. The van der Waals surface area contributed by atoms with E-state index in [1.54, 1.807) is 18.2 Å². The van der Waals surface area contributed by atoms with Gasteiger partial charge in [-0.25, -0.2) is 10.2 Å². The van der Waals surface area contributed by atoms with Gasteiger partial charge in [0.25, 0.3) is 5.91 Å². The molecular formula is C19H19N3O8. The number of benzene rings is 2. The Morgan fingerprint density at radius 2 is 1.97 bits per heavy atom. The number of carboxylic acids is 1. The molecule has 11 heteroatoms. The topological polar surface area (TPSA) is 150 Å². The predicted molar refractivity (Wildman–Crippen MR) is 105 cm³/mol. The second kappa shape index (κ2) is 10.4. The summed E-state index contributed by atoms with van der Waals surface area (Å²) in [6, 6.07) is 10.3. The number of carbonyl (C=O) groups is 2. The van der Waals surface area contributed by atoms with Crippen LogP contribution >= 0.6 is 0 Å². The molecule has 0 radical (unpaired) electrons. The lowest BCUT2D eigenvalue weighted by Gasteiger charge is -2.14. The number of amides is 1. The van der Waals surface area contributed by atoms with Gasteiger partial charge < -0.3 is 19.3 Å². The Morgan fingerprint density at radius 3 is 2.63 bits per heavy atom. The average molecular weight is 417 g/mol. The number of hydrogen-bond donors (Lipinski definition) is 2. The summed E-state index contributed by atoms with van der Waals surface area (Å²) in [4.78, 5) is 33.0. The molecule has 0 aliphatic rings. The molecule has 2 aromatic carbocycles. The first-order valence-corrected chi connectivity index (χ1v) is 8.57. The number of hydrogen-bond acceptors (Lipinski definition) is 8. The van der Waals surface area contributed by atoms with E-state index in [1.807, 2.05) is 0 Å². The minimum absolute atomic E-state index is 0.0301. The van der Waals surface area contributed by atoms with Crippen molar-refractivity contribution in [2.45, 2.75) is 13.0 Å². The van der Waals surface area contributed by atoms with Gasteiger partial charge in [-0.05, 0) is 36.8 Å². The molecule has 2 N–H and O–H groups in total. The summed E-state index contributed by atoms with van der Waals surface area (Å²) in [5.41, 5.74) is 2.53. The van der Waals surface area contributed by atoms with Gasteiger partial charge >= 0.3 is 11.7 Å². The van der Waals surface area contributed by atoms with Crippen LogP contribution in [-0.4, -0.2) is 47.9 Å². The molecule has 2 aromatic rings. The van der Waals surface area contributed by atoms with Crippen LogP contribution < -0.4 is 19.6 Å². The van der Waals surface area contributed by atoms with E-state index in [2.05, 4.69) is 10.5 Å². The lowest BCUT2D eigenvalue weighted by atomic mass is 10.2. The van der Waals surface area contributed by atoms with Gasteiger partial charge in [-0.2, -0.15) is 5.10 Å². The zero-order valence-electron chi connectivity index (χ0n) is 16.1. The van der Waals surface area contributed by atoms with E-state index in [9.17, 15) is 19.7 Å². The number of carbonyl (C=O) groups excluding carboxylic acids is 1. The van der Waals surface area contributed by atoms with Gasteiger partial charge in [0.2, 0.25) is 0 Å². The van der Waals surface area contributed by atoms with Crippen LogP contribution in [0.3, 0.4) is 0 Å². The molecular weight excluding hydrogens is 398 g/mol. The highest BCUT2D eigenvalue weighted by Gasteiger charge is 2.16. The molecule has 0 aromatic heterocycles. The second-order valence-corrected chi connectivity index (χ2v) is 5.82. The third-order valence-electron chi connectivity index (χ3n) is 3.66. The van der Waals surface area contributed by atoms with Crippen molar-refractivity contribution >= 4 is 23.8 Å². The fourth-order valence-electron chi connectivity index (χ4n) is 2.19. The molecule has 30 heavy (non-hydrogen) atoms. The predicted octanol–water partition coefficient (Wildman–Crippen LogP) is 1.98. The number of rotatable bonds is 10. The van der Waals surface area contributed by atoms with Crippen LogP contribution in [-0.2, 0) is 9.59 Å².